The zero-order valence-electron chi connectivity index (χ0n) is 18.4. The minimum atomic E-state index is -0.0387. The number of benzene rings is 1. The van der Waals surface area contributed by atoms with Crippen molar-refractivity contribution < 1.29 is 9.53 Å². The van der Waals surface area contributed by atoms with Gasteiger partial charge in [-0.3, -0.25) is 4.90 Å². The van der Waals surface area contributed by atoms with E-state index in [0.717, 1.165) is 34.6 Å². The molecule has 30 heavy (non-hydrogen) atoms. The van der Waals surface area contributed by atoms with Crippen molar-refractivity contribution in [1.82, 2.24) is 9.88 Å². The number of hydrogen-bond donors (Lipinski definition) is 0. The van der Waals surface area contributed by atoms with Crippen LogP contribution in [-0.4, -0.2) is 35.6 Å². The van der Waals surface area contributed by atoms with Gasteiger partial charge in [0.05, 0.1) is 18.3 Å². The zero-order chi connectivity index (χ0) is 21.7. The number of rotatable bonds is 8. The summed E-state index contributed by atoms with van der Waals surface area (Å²) in [5.74, 6) is 1.54. The molecule has 1 saturated heterocycles. The molecular formula is C25H31N3O2. The predicted octanol–water partition coefficient (Wildman–Crippen LogP) is 5.64. The maximum Gasteiger partial charge on any atom is 0.326 e. The Hall–Kier alpha value is -3.08. The van der Waals surface area contributed by atoms with Crippen molar-refractivity contribution >= 4 is 17.4 Å². The molecular weight excluding hydrogens is 374 g/mol. The molecule has 0 aliphatic carbocycles. The second-order valence-electron chi connectivity index (χ2n) is 7.27. The third kappa shape index (κ3) is 4.25. The maximum absolute atomic E-state index is 13.2. The number of allylic oxidation sites excluding steroid dienone is 3. The lowest BCUT2D eigenvalue weighted by Gasteiger charge is -2.25. The molecule has 5 heteroatoms. The van der Waals surface area contributed by atoms with E-state index in [1.54, 1.807) is 4.90 Å². The van der Waals surface area contributed by atoms with Crippen LogP contribution >= 0.6 is 0 Å². The lowest BCUT2D eigenvalue weighted by Crippen LogP contribution is -2.34. The Morgan fingerprint density at radius 2 is 2.07 bits per heavy atom. The van der Waals surface area contributed by atoms with E-state index in [1.807, 2.05) is 67.3 Å². The fourth-order valence-corrected chi connectivity index (χ4v) is 3.89. The molecule has 3 rings (SSSR count). The van der Waals surface area contributed by atoms with Crippen molar-refractivity contribution in [3.8, 4) is 5.75 Å². The van der Waals surface area contributed by atoms with Crippen LogP contribution in [0.5, 0.6) is 5.75 Å². The molecule has 2 amide bonds. The molecule has 0 N–H and O–H groups in total. The first kappa shape index (κ1) is 21.6. The number of urea groups is 1. The average Bonchev–Trinajstić information content (AvgIpc) is 3.16. The van der Waals surface area contributed by atoms with Gasteiger partial charge in [0.2, 0.25) is 0 Å². The van der Waals surface area contributed by atoms with Gasteiger partial charge in [-0.2, -0.15) is 0 Å². The Morgan fingerprint density at radius 1 is 1.27 bits per heavy atom. The third-order valence-electron chi connectivity index (χ3n) is 5.57. The number of anilines is 1. The largest absolute Gasteiger partial charge is 0.494 e. The lowest BCUT2D eigenvalue weighted by molar-refractivity contribution is 0.205. The van der Waals surface area contributed by atoms with Crippen LogP contribution < -0.4 is 9.64 Å². The highest BCUT2D eigenvalue weighted by atomic mass is 16.5. The van der Waals surface area contributed by atoms with Gasteiger partial charge in [0.1, 0.15) is 11.6 Å². The molecule has 158 valence electrons. The van der Waals surface area contributed by atoms with Crippen molar-refractivity contribution in [2.24, 2.45) is 0 Å². The Labute approximate surface area is 179 Å². The number of hydrogen-bond acceptors (Lipinski definition) is 3. The van der Waals surface area contributed by atoms with Crippen LogP contribution in [0.15, 0.2) is 55.1 Å². The molecule has 1 fully saturated rings. The summed E-state index contributed by atoms with van der Waals surface area (Å²) in [6, 6.07) is 11.9. The summed E-state index contributed by atoms with van der Waals surface area (Å²) in [5.41, 5.74) is 4.17. The number of aromatic nitrogens is 1. The SMILES string of the molecule is C=C/C(=C\C)c1ccc(N2CCN([C@@H](C)c3cccc(OCC)c3)C2=O)nc1CC. The van der Waals surface area contributed by atoms with Crippen molar-refractivity contribution in [2.45, 2.75) is 40.2 Å². The summed E-state index contributed by atoms with van der Waals surface area (Å²) in [6.45, 7) is 13.9. The van der Waals surface area contributed by atoms with E-state index in [9.17, 15) is 4.79 Å². The van der Waals surface area contributed by atoms with E-state index in [0.29, 0.717) is 25.5 Å². The Bertz CT molecular complexity index is 951. The second-order valence-corrected chi connectivity index (χ2v) is 7.27. The van der Waals surface area contributed by atoms with E-state index in [4.69, 9.17) is 9.72 Å². The number of amides is 2. The van der Waals surface area contributed by atoms with E-state index >= 15 is 0 Å². The second kappa shape index (κ2) is 9.61. The van der Waals surface area contributed by atoms with Crippen molar-refractivity contribution in [3.05, 3.63) is 72.0 Å². The molecule has 1 aromatic heterocycles. The number of aryl methyl sites for hydroxylation is 1. The van der Waals surface area contributed by atoms with Crippen molar-refractivity contribution in [1.29, 1.82) is 0 Å². The molecule has 0 saturated carbocycles. The first-order chi connectivity index (χ1) is 14.5. The zero-order valence-corrected chi connectivity index (χ0v) is 18.4. The van der Waals surface area contributed by atoms with Gasteiger partial charge in [-0.1, -0.05) is 37.8 Å². The summed E-state index contributed by atoms with van der Waals surface area (Å²) in [5, 5.41) is 0. The number of carbonyl (C=O) groups is 1. The topological polar surface area (TPSA) is 45.7 Å². The Kier molecular flexibility index (Phi) is 6.93. The van der Waals surface area contributed by atoms with Gasteiger partial charge in [-0.15, -0.1) is 0 Å². The third-order valence-corrected chi connectivity index (χ3v) is 5.57. The van der Waals surface area contributed by atoms with E-state index in [-0.39, 0.29) is 12.1 Å². The van der Waals surface area contributed by atoms with Crippen LogP contribution in [0.25, 0.3) is 5.57 Å². The van der Waals surface area contributed by atoms with Gasteiger partial charge >= 0.3 is 6.03 Å². The molecule has 0 bridgehead atoms. The van der Waals surface area contributed by atoms with Crippen LogP contribution in [-0.2, 0) is 6.42 Å². The van der Waals surface area contributed by atoms with Gasteiger partial charge in [-0.25, -0.2) is 9.78 Å². The summed E-state index contributed by atoms with van der Waals surface area (Å²) < 4.78 is 5.62. The fraction of sp³-hybridized carbons (Fsp3) is 0.360. The van der Waals surface area contributed by atoms with Gasteiger partial charge in [0.15, 0.2) is 0 Å². The van der Waals surface area contributed by atoms with Crippen LogP contribution in [0.2, 0.25) is 0 Å². The first-order valence-corrected chi connectivity index (χ1v) is 10.6. The molecule has 1 aliphatic rings. The quantitative estimate of drug-likeness (QED) is 0.534. The van der Waals surface area contributed by atoms with E-state index in [1.165, 1.54) is 0 Å². The summed E-state index contributed by atoms with van der Waals surface area (Å²) in [7, 11) is 0. The summed E-state index contributed by atoms with van der Waals surface area (Å²) in [4.78, 5) is 21.7. The summed E-state index contributed by atoms with van der Waals surface area (Å²) in [6.07, 6.45) is 4.67. The maximum atomic E-state index is 13.2. The minimum Gasteiger partial charge on any atom is -0.494 e. The normalized spacial score (nSPS) is 15.5. The molecule has 0 spiro atoms. The minimum absolute atomic E-state index is 0.0124. The number of ether oxygens (including phenoxy) is 1. The Balaban J connectivity index is 1.83. The molecule has 2 aromatic rings. The van der Waals surface area contributed by atoms with E-state index in [2.05, 4.69) is 20.4 Å². The van der Waals surface area contributed by atoms with Gasteiger partial charge < -0.3 is 9.64 Å². The first-order valence-electron chi connectivity index (χ1n) is 10.6. The average molecular weight is 406 g/mol. The molecule has 0 radical (unpaired) electrons. The fourth-order valence-electron chi connectivity index (χ4n) is 3.89. The molecule has 1 aromatic carbocycles. The molecule has 1 atom stereocenters. The smallest absolute Gasteiger partial charge is 0.326 e. The van der Waals surface area contributed by atoms with Gasteiger partial charge in [-0.05, 0) is 62.6 Å². The van der Waals surface area contributed by atoms with Crippen molar-refractivity contribution in [3.63, 3.8) is 0 Å². The van der Waals surface area contributed by atoms with Gasteiger partial charge in [0.25, 0.3) is 0 Å². The highest BCUT2D eigenvalue weighted by Gasteiger charge is 2.34. The Morgan fingerprint density at radius 3 is 2.73 bits per heavy atom. The molecule has 0 unspecified atom stereocenters. The van der Waals surface area contributed by atoms with Crippen LogP contribution in [0.1, 0.15) is 50.6 Å². The lowest BCUT2D eigenvalue weighted by atomic mass is 10.0. The van der Waals surface area contributed by atoms with Crippen LogP contribution in [0, 0.1) is 0 Å². The molecule has 2 heterocycles. The highest BCUT2D eigenvalue weighted by molar-refractivity contribution is 5.93. The predicted molar refractivity (Wildman–Crippen MR) is 123 cm³/mol. The van der Waals surface area contributed by atoms with Crippen LogP contribution in [0.4, 0.5) is 10.6 Å². The van der Waals surface area contributed by atoms with Gasteiger partial charge in [0, 0.05) is 18.7 Å². The van der Waals surface area contributed by atoms with Crippen LogP contribution in [0.3, 0.4) is 0 Å². The number of nitrogens with zero attached hydrogens (tertiary/aromatic N) is 3. The number of carbonyl (C=O) groups excluding carboxylic acids is 1. The van der Waals surface area contributed by atoms with Crippen molar-refractivity contribution in [2.75, 3.05) is 24.6 Å². The molecule has 1 aliphatic heterocycles. The standard InChI is InChI=1S/C25H31N3O2/c1-6-19(7-2)22-13-14-24(26-23(22)8-3)28-16-15-27(25(28)29)18(5)20-11-10-12-21(17-20)30-9-4/h6-7,10-14,17-18H,1,8-9,15-16H2,2-5H3/b19-7+/t18-/m0/s1. The van der Waals surface area contributed by atoms with E-state index < -0.39 is 0 Å². The highest BCUT2D eigenvalue weighted by Crippen LogP contribution is 2.30. The monoisotopic (exact) mass is 405 g/mol. The summed E-state index contributed by atoms with van der Waals surface area (Å²) >= 11 is 0. The molecule has 5 nitrogen and oxygen atoms in total. The number of pyridine rings is 1.